The second-order valence-electron chi connectivity index (χ2n) is 8.35. The van der Waals surface area contributed by atoms with Gasteiger partial charge in [-0.15, -0.1) is 0 Å². The van der Waals surface area contributed by atoms with E-state index in [2.05, 4.69) is 21.3 Å². The van der Waals surface area contributed by atoms with Crippen LogP contribution >= 0.6 is 0 Å². The Balaban J connectivity index is 0.000000257. The molecule has 35 heavy (non-hydrogen) atoms. The van der Waals surface area contributed by atoms with Gasteiger partial charge < -0.3 is 20.3 Å². The van der Waals surface area contributed by atoms with Crippen molar-refractivity contribution in [2.24, 2.45) is 5.92 Å². The number of piperidine rings is 1. The zero-order valence-electron chi connectivity index (χ0n) is 18.6. The molecular formula is C21H27F6N3O5. The SMILES string of the molecule is O=C(O)C(F)(F)F.O=C(O)C(F)(F)F.c1ccc(N[C@@H]2CN(C3CCC3)C[C@@H]3CCCO[C@@H]32)nc1. The van der Waals surface area contributed by atoms with Crippen LogP contribution in [0.3, 0.4) is 0 Å². The summed E-state index contributed by atoms with van der Waals surface area (Å²) in [6.45, 7) is 3.25. The number of nitrogens with one attached hydrogen (secondary N) is 1. The summed E-state index contributed by atoms with van der Waals surface area (Å²) >= 11 is 0. The van der Waals surface area contributed by atoms with Gasteiger partial charge >= 0.3 is 24.3 Å². The van der Waals surface area contributed by atoms with E-state index in [1.807, 2.05) is 18.3 Å². The molecule has 0 unspecified atom stereocenters. The fraction of sp³-hybridized carbons (Fsp3) is 0.667. The number of anilines is 1. The topological polar surface area (TPSA) is 112 Å². The number of ether oxygens (including phenoxy) is 1. The lowest BCUT2D eigenvalue weighted by Gasteiger charge is -2.50. The predicted molar refractivity (Wildman–Crippen MR) is 111 cm³/mol. The number of hydrogen-bond donors (Lipinski definition) is 3. The van der Waals surface area contributed by atoms with Crippen molar-refractivity contribution in [1.82, 2.24) is 9.88 Å². The Kier molecular flexibility index (Phi) is 10.1. The van der Waals surface area contributed by atoms with Gasteiger partial charge in [0.05, 0.1) is 12.1 Å². The Morgan fingerprint density at radius 3 is 2.03 bits per heavy atom. The number of likely N-dealkylation sites (tertiary alicyclic amines) is 1. The molecule has 0 spiro atoms. The van der Waals surface area contributed by atoms with E-state index in [1.165, 1.54) is 38.6 Å². The van der Waals surface area contributed by atoms with E-state index in [0.29, 0.717) is 18.1 Å². The first-order valence-electron chi connectivity index (χ1n) is 10.9. The van der Waals surface area contributed by atoms with Crippen LogP contribution in [0, 0.1) is 5.92 Å². The molecule has 0 amide bonds. The van der Waals surface area contributed by atoms with Gasteiger partial charge in [-0.2, -0.15) is 26.3 Å². The zero-order valence-corrected chi connectivity index (χ0v) is 18.6. The summed E-state index contributed by atoms with van der Waals surface area (Å²) < 4.78 is 69.6. The number of aliphatic carboxylic acids is 2. The molecule has 8 nitrogen and oxygen atoms in total. The summed E-state index contributed by atoms with van der Waals surface area (Å²) in [6.07, 6.45) is -1.25. The number of carboxylic acid groups (broad SMARTS) is 2. The van der Waals surface area contributed by atoms with Crippen molar-refractivity contribution in [3.05, 3.63) is 24.4 Å². The van der Waals surface area contributed by atoms with Crippen molar-refractivity contribution in [2.45, 2.75) is 62.6 Å². The van der Waals surface area contributed by atoms with Crippen molar-refractivity contribution in [2.75, 3.05) is 25.0 Å². The molecule has 2 aliphatic heterocycles. The number of aromatic nitrogens is 1. The highest BCUT2D eigenvalue weighted by molar-refractivity contribution is 5.73. The summed E-state index contributed by atoms with van der Waals surface area (Å²) in [7, 11) is 0. The van der Waals surface area contributed by atoms with Crippen LogP contribution in [-0.4, -0.2) is 82.3 Å². The number of carbonyl (C=O) groups is 2. The fourth-order valence-corrected chi connectivity index (χ4v) is 4.05. The van der Waals surface area contributed by atoms with Crippen LogP contribution in [-0.2, 0) is 14.3 Å². The number of rotatable bonds is 3. The van der Waals surface area contributed by atoms with Gasteiger partial charge in [0.25, 0.3) is 0 Å². The maximum absolute atomic E-state index is 10.6. The van der Waals surface area contributed by atoms with Crippen LogP contribution in [0.2, 0.25) is 0 Å². The minimum absolute atomic E-state index is 0.358. The minimum Gasteiger partial charge on any atom is -0.475 e. The number of fused-ring (bicyclic) bond motifs is 1. The quantitative estimate of drug-likeness (QED) is 0.522. The van der Waals surface area contributed by atoms with Gasteiger partial charge in [0.15, 0.2) is 0 Å². The van der Waals surface area contributed by atoms with Crippen molar-refractivity contribution in [1.29, 1.82) is 0 Å². The molecule has 3 aliphatic rings. The van der Waals surface area contributed by atoms with Crippen LogP contribution in [0.25, 0.3) is 0 Å². The summed E-state index contributed by atoms with van der Waals surface area (Å²) in [5, 5.41) is 17.9. The largest absolute Gasteiger partial charge is 0.490 e. The first-order chi connectivity index (χ1) is 16.3. The summed E-state index contributed by atoms with van der Waals surface area (Å²) in [4.78, 5) is 24.9. The molecule has 1 aromatic heterocycles. The third-order valence-electron chi connectivity index (χ3n) is 5.87. The van der Waals surface area contributed by atoms with Crippen LogP contribution in [0.4, 0.5) is 32.2 Å². The average molecular weight is 515 g/mol. The predicted octanol–water partition coefficient (Wildman–Crippen LogP) is 3.79. The van der Waals surface area contributed by atoms with Gasteiger partial charge in [-0.05, 0) is 43.7 Å². The van der Waals surface area contributed by atoms with Crippen LogP contribution in [0.5, 0.6) is 0 Å². The third-order valence-corrected chi connectivity index (χ3v) is 5.87. The molecule has 3 heterocycles. The molecule has 1 saturated carbocycles. The van der Waals surface area contributed by atoms with Crippen molar-refractivity contribution < 1.29 is 50.9 Å². The summed E-state index contributed by atoms with van der Waals surface area (Å²) in [6, 6.07) is 7.26. The highest BCUT2D eigenvalue weighted by atomic mass is 19.4. The molecule has 2 saturated heterocycles. The second kappa shape index (κ2) is 12.4. The van der Waals surface area contributed by atoms with Gasteiger partial charge in [0.1, 0.15) is 5.82 Å². The normalized spacial score (nSPS) is 24.9. The maximum Gasteiger partial charge on any atom is 0.490 e. The first kappa shape index (κ1) is 28.6. The van der Waals surface area contributed by atoms with E-state index in [0.717, 1.165) is 25.0 Å². The van der Waals surface area contributed by atoms with Gasteiger partial charge in [0.2, 0.25) is 0 Å². The first-order valence-corrected chi connectivity index (χ1v) is 10.9. The van der Waals surface area contributed by atoms with Crippen LogP contribution in [0.15, 0.2) is 24.4 Å². The van der Waals surface area contributed by atoms with Gasteiger partial charge in [0, 0.05) is 31.9 Å². The van der Waals surface area contributed by atoms with Crippen LogP contribution < -0.4 is 5.32 Å². The van der Waals surface area contributed by atoms with E-state index in [1.54, 1.807) is 0 Å². The number of nitrogens with zero attached hydrogens (tertiary/aromatic N) is 2. The number of pyridine rings is 1. The highest BCUT2D eigenvalue weighted by Crippen LogP contribution is 2.34. The summed E-state index contributed by atoms with van der Waals surface area (Å²) in [5.74, 6) is -3.85. The highest BCUT2D eigenvalue weighted by Gasteiger charge is 2.42. The molecular weight excluding hydrogens is 488 g/mol. The van der Waals surface area contributed by atoms with E-state index >= 15 is 0 Å². The number of alkyl halides is 6. The molecule has 1 aromatic rings. The van der Waals surface area contributed by atoms with Crippen molar-refractivity contribution in [3.8, 4) is 0 Å². The second-order valence-corrected chi connectivity index (χ2v) is 8.35. The minimum atomic E-state index is -5.08. The lowest BCUT2D eigenvalue weighted by molar-refractivity contribution is -0.193. The Morgan fingerprint density at radius 1 is 0.971 bits per heavy atom. The van der Waals surface area contributed by atoms with Crippen LogP contribution in [0.1, 0.15) is 32.1 Å². The molecule has 3 N–H and O–H groups in total. The molecule has 14 heteroatoms. The summed E-state index contributed by atoms with van der Waals surface area (Å²) in [5.41, 5.74) is 0. The van der Waals surface area contributed by atoms with E-state index in [-0.39, 0.29) is 0 Å². The fourth-order valence-electron chi connectivity index (χ4n) is 4.05. The van der Waals surface area contributed by atoms with Crippen molar-refractivity contribution in [3.63, 3.8) is 0 Å². The Labute approximate surface area is 197 Å². The molecule has 0 radical (unpaired) electrons. The Bertz CT molecular complexity index is 796. The van der Waals surface area contributed by atoms with Gasteiger partial charge in [-0.1, -0.05) is 12.5 Å². The third kappa shape index (κ3) is 9.17. The van der Waals surface area contributed by atoms with Gasteiger partial charge in [-0.25, -0.2) is 14.6 Å². The molecule has 3 atom stereocenters. The van der Waals surface area contributed by atoms with Gasteiger partial charge in [-0.3, -0.25) is 4.90 Å². The molecule has 4 rings (SSSR count). The molecule has 198 valence electrons. The lowest BCUT2D eigenvalue weighted by Crippen LogP contribution is -2.60. The number of hydrogen-bond acceptors (Lipinski definition) is 6. The zero-order chi connectivity index (χ0) is 26.2. The number of halogens is 6. The molecule has 3 fully saturated rings. The Morgan fingerprint density at radius 2 is 1.57 bits per heavy atom. The molecule has 0 aromatic carbocycles. The smallest absolute Gasteiger partial charge is 0.475 e. The monoisotopic (exact) mass is 515 g/mol. The average Bonchev–Trinajstić information content (AvgIpc) is 2.73. The Hall–Kier alpha value is -2.61. The standard InChI is InChI=1S/C17H25N3O.2C2HF3O2/c1-2-9-18-16(8-1)19-15-12-20(14-6-3-7-14)11-13-5-4-10-21-17(13)15;2*3-2(4,5)1(6)7/h1-2,8-9,13-15,17H,3-7,10-12H2,(H,18,19);2*(H,6,7)/t13-,15+,17-;;/m0../s1. The molecule has 1 aliphatic carbocycles. The van der Waals surface area contributed by atoms with Crippen molar-refractivity contribution >= 4 is 17.8 Å². The van der Waals surface area contributed by atoms with E-state index in [9.17, 15) is 26.3 Å². The maximum atomic E-state index is 10.6. The molecule has 0 bridgehead atoms. The number of carboxylic acids is 2. The lowest BCUT2D eigenvalue weighted by atomic mass is 9.82. The van der Waals surface area contributed by atoms with E-state index < -0.39 is 24.3 Å². The van der Waals surface area contributed by atoms with E-state index in [4.69, 9.17) is 24.5 Å².